The van der Waals surface area contributed by atoms with E-state index in [1.54, 1.807) is 24.0 Å². The van der Waals surface area contributed by atoms with Gasteiger partial charge in [-0.3, -0.25) is 4.98 Å². The van der Waals surface area contributed by atoms with E-state index in [-0.39, 0.29) is 10.9 Å². The summed E-state index contributed by atoms with van der Waals surface area (Å²) in [7, 11) is -3.49. The number of hydrogen-bond acceptors (Lipinski definition) is 5. The maximum atomic E-state index is 12.4. The fraction of sp³-hybridized carbons (Fsp3) is 0.583. The van der Waals surface area contributed by atoms with Gasteiger partial charge in [0.2, 0.25) is 10.0 Å². The molecule has 0 aromatic carbocycles. The maximum Gasteiger partial charge on any atom is 0.244 e. The molecule has 0 aliphatic carbocycles. The summed E-state index contributed by atoms with van der Waals surface area (Å²) >= 11 is 1.78. The minimum Gasteiger partial charge on any atom is -0.384 e. The lowest BCUT2D eigenvalue weighted by molar-refractivity contribution is 0.563. The molecule has 1 aromatic heterocycles. The Morgan fingerprint density at radius 2 is 2.37 bits per heavy atom. The number of sulfonamides is 1. The second kappa shape index (κ2) is 6.58. The monoisotopic (exact) mass is 301 g/mol. The number of thioether (sulfide) groups is 1. The first kappa shape index (κ1) is 14.6. The van der Waals surface area contributed by atoms with Crippen LogP contribution in [-0.4, -0.2) is 37.5 Å². The summed E-state index contributed by atoms with van der Waals surface area (Å²) < 4.78 is 27.5. The molecule has 0 saturated carbocycles. The zero-order valence-corrected chi connectivity index (χ0v) is 12.6. The Hall–Kier alpha value is -0.790. The standard InChI is InChI=1S/C12H19N3O2S2/c1-2-5-14-11-3-6-13-8-12(11)19(16,17)15-10-4-7-18-9-10/h3,6,8,10,15H,2,4-5,7,9H2,1H3,(H,13,14). The van der Waals surface area contributed by atoms with Gasteiger partial charge in [-0.2, -0.15) is 11.8 Å². The Bertz CT molecular complexity index is 513. The van der Waals surface area contributed by atoms with Gasteiger partial charge >= 0.3 is 0 Å². The molecule has 2 N–H and O–H groups in total. The lowest BCUT2D eigenvalue weighted by atomic mass is 10.3. The van der Waals surface area contributed by atoms with Gasteiger partial charge < -0.3 is 5.32 Å². The Morgan fingerprint density at radius 3 is 3.05 bits per heavy atom. The SMILES string of the molecule is CCCNc1ccncc1S(=O)(=O)NC1CCSC1. The normalized spacial score (nSPS) is 19.5. The Morgan fingerprint density at radius 1 is 1.53 bits per heavy atom. The van der Waals surface area contributed by atoms with Crippen LogP contribution in [0.25, 0.3) is 0 Å². The number of rotatable bonds is 6. The highest BCUT2D eigenvalue weighted by atomic mass is 32.2. The molecular weight excluding hydrogens is 282 g/mol. The Balaban J connectivity index is 2.18. The molecule has 7 heteroatoms. The van der Waals surface area contributed by atoms with Crippen molar-refractivity contribution >= 4 is 27.5 Å². The van der Waals surface area contributed by atoms with Crippen molar-refractivity contribution in [2.24, 2.45) is 0 Å². The molecule has 1 aliphatic rings. The van der Waals surface area contributed by atoms with Gasteiger partial charge in [0, 0.05) is 30.7 Å². The first-order valence-corrected chi connectivity index (χ1v) is 9.05. The summed E-state index contributed by atoms with van der Waals surface area (Å²) in [6, 6.07) is 1.74. The van der Waals surface area contributed by atoms with E-state index in [9.17, 15) is 8.42 Å². The molecule has 1 aliphatic heterocycles. The van der Waals surface area contributed by atoms with Crippen LogP contribution in [0.3, 0.4) is 0 Å². The average molecular weight is 301 g/mol. The number of aromatic nitrogens is 1. The number of anilines is 1. The van der Waals surface area contributed by atoms with E-state index in [1.807, 2.05) is 6.92 Å². The average Bonchev–Trinajstić information content (AvgIpc) is 2.88. The van der Waals surface area contributed by atoms with Crippen molar-refractivity contribution in [1.82, 2.24) is 9.71 Å². The van der Waals surface area contributed by atoms with Crippen molar-refractivity contribution in [3.05, 3.63) is 18.5 Å². The van der Waals surface area contributed by atoms with Gasteiger partial charge in [0.15, 0.2) is 0 Å². The maximum absolute atomic E-state index is 12.4. The molecule has 1 aromatic rings. The first-order chi connectivity index (χ1) is 9.13. The molecule has 0 amide bonds. The number of nitrogens with zero attached hydrogens (tertiary/aromatic N) is 1. The molecule has 0 radical (unpaired) electrons. The van der Waals surface area contributed by atoms with E-state index >= 15 is 0 Å². The van der Waals surface area contributed by atoms with Crippen LogP contribution in [0.4, 0.5) is 5.69 Å². The highest BCUT2D eigenvalue weighted by molar-refractivity contribution is 7.99. The van der Waals surface area contributed by atoms with E-state index in [4.69, 9.17) is 0 Å². The third-order valence-electron chi connectivity index (χ3n) is 2.89. The molecule has 2 rings (SSSR count). The molecule has 1 unspecified atom stereocenters. The van der Waals surface area contributed by atoms with E-state index in [0.717, 1.165) is 30.9 Å². The third kappa shape index (κ3) is 3.84. The minimum atomic E-state index is -3.49. The number of pyridine rings is 1. The predicted octanol–water partition coefficient (Wildman–Crippen LogP) is 1.69. The van der Waals surface area contributed by atoms with Crippen LogP contribution < -0.4 is 10.0 Å². The Kier molecular flexibility index (Phi) is 5.06. The van der Waals surface area contributed by atoms with Crippen molar-refractivity contribution in [2.45, 2.75) is 30.7 Å². The largest absolute Gasteiger partial charge is 0.384 e. The zero-order chi connectivity index (χ0) is 13.7. The fourth-order valence-electron chi connectivity index (χ4n) is 1.91. The smallest absolute Gasteiger partial charge is 0.244 e. The van der Waals surface area contributed by atoms with Crippen molar-refractivity contribution in [2.75, 3.05) is 23.4 Å². The molecule has 0 bridgehead atoms. The van der Waals surface area contributed by atoms with Gasteiger partial charge in [-0.1, -0.05) is 6.92 Å². The lowest BCUT2D eigenvalue weighted by Crippen LogP contribution is -2.35. The van der Waals surface area contributed by atoms with Gasteiger partial charge in [-0.15, -0.1) is 0 Å². The molecule has 106 valence electrons. The topological polar surface area (TPSA) is 71.1 Å². The van der Waals surface area contributed by atoms with Crippen LogP contribution >= 0.6 is 11.8 Å². The van der Waals surface area contributed by atoms with Crippen LogP contribution in [-0.2, 0) is 10.0 Å². The molecule has 1 atom stereocenters. The summed E-state index contributed by atoms with van der Waals surface area (Å²) in [5, 5.41) is 3.13. The lowest BCUT2D eigenvalue weighted by Gasteiger charge is -2.15. The summed E-state index contributed by atoms with van der Waals surface area (Å²) in [6.07, 6.45) is 4.83. The zero-order valence-electron chi connectivity index (χ0n) is 10.9. The van der Waals surface area contributed by atoms with Crippen LogP contribution in [0.15, 0.2) is 23.4 Å². The summed E-state index contributed by atoms with van der Waals surface area (Å²) in [6.45, 7) is 2.78. The summed E-state index contributed by atoms with van der Waals surface area (Å²) in [4.78, 5) is 4.17. The first-order valence-electron chi connectivity index (χ1n) is 6.41. The van der Waals surface area contributed by atoms with Gasteiger partial charge in [-0.25, -0.2) is 13.1 Å². The van der Waals surface area contributed by atoms with Gasteiger partial charge in [0.25, 0.3) is 0 Å². The van der Waals surface area contributed by atoms with E-state index in [2.05, 4.69) is 15.0 Å². The van der Waals surface area contributed by atoms with Crippen LogP contribution in [0, 0.1) is 0 Å². The van der Waals surface area contributed by atoms with Gasteiger partial charge in [0.1, 0.15) is 4.90 Å². The summed E-state index contributed by atoms with van der Waals surface area (Å²) in [5.74, 6) is 1.86. The minimum absolute atomic E-state index is 0.0363. The molecule has 5 nitrogen and oxygen atoms in total. The van der Waals surface area contributed by atoms with Gasteiger partial charge in [-0.05, 0) is 24.7 Å². The van der Waals surface area contributed by atoms with E-state index in [1.165, 1.54) is 6.20 Å². The third-order valence-corrected chi connectivity index (χ3v) is 5.60. The molecular formula is C12H19N3O2S2. The fourth-order valence-corrected chi connectivity index (χ4v) is 4.56. The van der Waals surface area contributed by atoms with E-state index < -0.39 is 10.0 Å². The van der Waals surface area contributed by atoms with Gasteiger partial charge in [0.05, 0.1) is 5.69 Å². The molecule has 0 spiro atoms. The predicted molar refractivity (Wildman–Crippen MR) is 79.1 cm³/mol. The van der Waals surface area contributed by atoms with Crippen molar-refractivity contribution in [3.8, 4) is 0 Å². The highest BCUT2D eigenvalue weighted by Gasteiger charge is 2.25. The molecule has 2 heterocycles. The second-order valence-corrected chi connectivity index (χ2v) is 7.31. The Labute approximate surface area is 118 Å². The number of hydrogen-bond donors (Lipinski definition) is 2. The van der Waals surface area contributed by atoms with Crippen molar-refractivity contribution in [3.63, 3.8) is 0 Å². The quantitative estimate of drug-likeness (QED) is 0.836. The molecule has 1 fully saturated rings. The highest BCUT2D eigenvalue weighted by Crippen LogP contribution is 2.23. The molecule has 1 saturated heterocycles. The van der Waals surface area contributed by atoms with Crippen LogP contribution in [0.2, 0.25) is 0 Å². The summed E-state index contributed by atoms with van der Waals surface area (Å²) in [5.41, 5.74) is 0.620. The number of nitrogens with one attached hydrogen (secondary N) is 2. The van der Waals surface area contributed by atoms with Crippen molar-refractivity contribution in [1.29, 1.82) is 0 Å². The van der Waals surface area contributed by atoms with Crippen molar-refractivity contribution < 1.29 is 8.42 Å². The van der Waals surface area contributed by atoms with Crippen LogP contribution in [0.5, 0.6) is 0 Å². The van der Waals surface area contributed by atoms with E-state index in [0.29, 0.717) is 5.69 Å². The second-order valence-electron chi connectivity index (χ2n) is 4.48. The molecule has 19 heavy (non-hydrogen) atoms. The van der Waals surface area contributed by atoms with Crippen LogP contribution in [0.1, 0.15) is 19.8 Å².